The SMILES string of the molecule is CC[C@@H](C(=O)NC(C)(C)C)N(Cc1ccc(OC)cc1)C(=O)CN(c1ccc(C)cc1)S(=O)(=O)c1ccc(Cl)cc1. The van der Waals surface area contributed by atoms with Crippen LogP contribution in [0.25, 0.3) is 0 Å². The molecule has 3 aromatic rings. The van der Waals surface area contributed by atoms with Crippen molar-refractivity contribution >= 4 is 39.1 Å². The number of methoxy groups -OCH3 is 1. The van der Waals surface area contributed by atoms with E-state index < -0.39 is 34.1 Å². The van der Waals surface area contributed by atoms with Gasteiger partial charge < -0.3 is 15.0 Å². The molecule has 0 aliphatic rings. The van der Waals surface area contributed by atoms with Crippen molar-refractivity contribution < 1.29 is 22.7 Å². The fraction of sp³-hybridized carbons (Fsp3) is 0.355. The van der Waals surface area contributed by atoms with Crippen molar-refractivity contribution in [1.29, 1.82) is 0 Å². The minimum atomic E-state index is -4.17. The van der Waals surface area contributed by atoms with Crippen LogP contribution >= 0.6 is 11.6 Å². The van der Waals surface area contributed by atoms with Crippen molar-refractivity contribution in [2.75, 3.05) is 18.0 Å². The van der Waals surface area contributed by atoms with E-state index in [1.54, 1.807) is 43.5 Å². The second-order valence-electron chi connectivity index (χ2n) is 10.8. The standard InChI is InChI=1S/C31H38ClN3O5S/c1-7-28(30(37)33-31(3,4)5)34(20-23-10-16-26(40-6)17-11-23)29(36)21-35(25-14-8-22(2)9-15-25)41(38,39)27-18-12-24(32)13-19-27/h8-19,28H,7,20-21H2,1-6H3,(H,33,37)/t28-/m0/s1. The Kier molecular flexibility index (Phi) is 10.4. The average Bonchev–Trinajstić information content (AvgIpc) is 2.91. The van der Waals surface area contributed by atoms with E-state index in [0.29, 0.717) is 22.9 Å². The number of hydrogen-bond donors (Lipinski definition) is 1. The summed E-state index contributed by atoms with van der Waals surface area (Å²) in [6, 6.07) is 19.0. The number of nitrogens with zero attached hydrogens (tertiary/aromatic N) is 2. The van der Waals surface area contributed by atoms with Crippen molar-refractivity contribution in [3.63, 3.8) is 0 Å². The van der Waals surface area contributed by atoms with Crippen LogP contribution in [0.15, 0.2) is 77.7 Å². The highest BCUT2D eigenvalue weighted by atomic mass is 35.5. The lowest BCUT2D eigenvalue weighted by molar-refractivity contribution is -0.141. The highest BCUT2D eigenvalue weighted by molar-refractivity contribution is 7.92. The number of nitrogens with one attached hydrogen (secondary N) is 1. The maximum atomic E-state index is 14.1. The number of halogens is 1. The van der Waals surface area contributed by atoms with Gasteiger partial charge in [0, 0.05) is 17.1 Å². The Bertz CT molecular complexity index is 1440. The molecule has 0 heterocycles. The lowest BCUT2D eigenvalue weighted by Gasteiger charge is -2.34. The van der Waals surface area contributed by atoms with Gasteiger partial charge in [-0.2, -0.15) is 0 Å². The van der Waals surface area contributed by atoms with Gasteiger partial charge >= 0.3 is 0 Å². The smallest absolute Gasteiger partial charge is 0.264 e. The molecule has 0 unspecified atom stereocenters. The zero-order valence-electron chi connectivity index (χ0n) is 24.3. The van der Waals surface area contributed by atoms with Crippen molar-refractivity contribution in [3.8, 4) is 5.75 Å². The van der Waals surface area contributed by atoms with Crippen molar-refractivity contribution in [1.82, 2.24) is 10.2 Å². The molecule has 2 amide bonds. The van der Waals surface area contributed by atoms with Crippen LogP contribution in [-0.2, 0) is 26.2 Å². The lowest BCUT2D eigenvalue weighted by Crippen LogP contribution is -2.55. The predicted octanol–water partition coefficient (Wildman–Crippen LogP) is 5.57. The maximum absolute atomic E-state index is 14.1. The van der Waals surface area contributed by atoms with Gasteiger partial charge in [0.05, 0.1) is 17.7 Å². The molecule has 0 aliphatic carbocycles. The van der Waals surface area contributed by atoms with Crippen molar-refractivity contribution in [2.45, 2.75) is 64.1 Å². The molecule has 0 saturated carbocycles. The van der Waals surface area contributed by atoms with E-state index in [9.17, 15) is 18.0 Å². The molecule has 1 N–H and O–H groups in total. The highest BCUT2D eigenvalue weighted by Gasteiger charge is 2.34. The third-order valence-corrected chi connectivity index (χ3v) is 8.44. The third-order valence-electron chi connectivity index (χ3n) is 6.40. The van der Waals surface area contributed by atoms with Gasteiger partial charge in [-0.25, -0.2) is 8.42 Å². The Balaban J connectivity index is 2.06. The predicted molar refractivity (Wildman–Crippen MR) is 163 cm³/mol. The zero-order valence-corrected chi connectivity index (χ0v) is 25.9. The number of benzene rings is 3. The molecule has 1 atom stereocenters. The highest BCUT2D eigenvalue weighted by Crippen LogP contribution is 2.26. The minimum absolute atomic E-state index is 0.00510. The monoisotopic (exact) mass is 599 g/mol. The maximum Gasteiger partial charge on any atom is 0.264 e. The van der Waals surface area contributed by atoms with E-state index in [2.05, 4.69) is 5.32 Å². The van der Waals surface area contributed by atoms with Crippen molar-refractivity contribution in [3.05, 3.63) is 88.9 Å². The molecule has 0 spiro atoms. The van der Waals surface area contributed by atoms with Gasteiger partial charge in [0.2, 0.25) is 11.8 Å². The summed E-state index contributed by atoms with van der Waals surface area (Å²) in [7, 11) is -2.60. The number of ether oxygens (including phenoxy) is 1. The molecule has 8 nitrogen and oxygen atoms in total. The fourth-order valence-corrected chi connectivity index (χ4v) is 5.81. The summed E-state index contributed by atoms with van der Waals surface area (Å²) in [6.45, 7) is 8.90. The van der Waals surface area contributed by atoms with Crippen LogP contribution in [0.4, 0.5) is 5.69 Å². The molecule has 0 aliphatic heterocycles. The second kappa shape index (κ2) is 13.4. The van der Waals surface area contributed by atoms with Crippen LogP contribution in [0, 0.1) is 6.92 Å². The zero-order chi connectivity index (χ0) is 30.4. The molecule has 220 valence electrons. The topological polar surface area (TPSA) is 96.0 Å². The molecule has 0 saturated heterocycles. The van der Waals surface area contributed by atoms with Gasteiger partial charge in [0.25, 0.3) is 10.0 Å². The number of sulfonamides is 1. The Morgan fingerprint density at radius 1 is 0.951 bits per heavy atom. The molecule has 41 heavy (non-hydrogen) atoms. The first kappa shape index (κ1) is 32.0. The van der Waals surface area contributed by atoms with E-state index in [4.69, 9.17) is 16.3 Å². The molecule has 3 rings (SSSR count). The van der Waals surface area contributed by atoms with E-state index in [-0.39, 0.29) is 17.3 Å². The van der Waals surface area contributed by atoms with Crippen LogP contribution in [0.5, 0.6) is 5.75 Å². The first-order valence-corrected chi connectivity index (χ1v) is 15.2. The van der Waals surface area contributed by atoms with Crippen LogP contribution in [0.3, 0.4) is 0 Å². The Morgan fingerprint density at radius 3 is 2.05 bits per heavy atom. The number of carbonyl (C=O) groups is 2. The molecule has 0 aromatic heterocycles. The summed E-state index contributed by atoms with van der Waals surface area (Å²) >= 11 is 6.01. The fourth-order valence-electron chi connectivity index (χ4n) is 4.27. The number of carbonyl (C=O) groups excluding carboxylic acids is 2. The van der Waals surface area contributed by atoms with Gasteiger partial charge in [0.1, 0.15) is 18.3 Å². The van der Waals surface area contributed by atoms with Gasteiger partial charge in [-0.3, -0.25) is 13.9 Å². The number of amides is 2. The quantitative estimate of drug-likeness (QED) is 0.311. The molecular weight excluding hydrogens is 562 g/mol. The number of aryl methyl sites for hydroxylation is 1. The van der Waals surface area contributed by atoms with Crippen LogP contribution in [-0.4, -0.2) is 50.4 Å². The molecule has 0 radical (unpaired) electrons. The summed E-state index contributed by atoms with van der Waals surface area (Å²) in [6.07, 6.45) is 0.332. The van der Waals surface area contributed by atoms with E-state index in [1.165, 1.54) is 29.2 Å². The molecule has 0 fully saturated rings. The molecule has 0 bridgehead atoms. The van der Waals surface area contributed by atoms with Gasteiger partial charge in [0.15, 0.2) is 0 Å². The average molecular weight is 600 g/mol. The molecule has 10 heteroatoms. The summed E-state index contributed by atoms with van der Waals surface area (Å²) in [5, 5.41) is 3.36. The van der Waals surface area contributed by atoms with Crippen LogP contribution in [0.2, 0.25) is 5.02 Å². The Labute approximate surface area is 248 Å². The Hall–Kier alpha value is -3.56. The van der Waals surface area contributed by atoms with Gasteiger partial charge in [-0.1, -0.05) is 48.4 Å². The number of anilines is 1. The second-order valence-corrected chi connectivity index (χ2v) is 13.1. The Morgan fingerprint density at radius 2 is 1.54 bits per heavy atom. The number of rotatable bonds is 11. The first-order chi connectivity index (χ1) is 19.2. The normalized spacial score (nSPS) is 12.4. The summed E-state index contributed by atoms with van der Waals surface area (Å²) in [4.78, 5) is 29.0. The van der Waals surface area contributed by atoms with Gasteiger partial charge in [-0.05, 0) is 88.2 Å². The summed E-state index contributed by atoms with van der Waals surface area (Å²) < 4.78 is 34.1. The van der Waals surface area contributed by atoms with Crippen LogP contribution < -0.4 is 14.4 Å². The third kappa shape index (κ3) is 8.47. The minimum Gasteiger partial charge on any atom is -0.497 e. The van der Waals surface area contributed by atoms with Crippen LogP contribution in [0.1, 0.15) is 45.2 Å². The van der Waals surface area contributed by atoms with E-state index >= 15 is 0 Å². The largest absolute Gasteiger partial charge is 0.497 e. The van der Waals surface area contributed by atoms with E-state index in [1.807, 2.05) is 46.8 Å². The molecule has 3 aromatic carbocycles. The summed E-state index contributed by atoms with van der Waals surface area (Å²) in [5.74, 6) is -0.178. The number of hydrogen-bond acceptors (Lipinski definition) is 5. The van der Waals surface area contributed by atoms with Gasteiger partial charge in [-0.15, -0.1) is 0 Å². The first-order valence-electron chi connectivity index (χ1n) is 13.3. The summed E-state index contributed by atoms with van der Waals surface area (Å²) in [5.41, 5.74) is 1.51. The van der Waals surface area contributed by atoms with Crippen molar-refractivity contribution in [2.24, 2.45) is 0 Å². The molecular formula is C31H38ClN3O5S. The lowest BCUT2D eigenvalue weighted by atomic mass is 10.1. The van der Waals surface area contributed by atoms with E-state index in [0.717, 1.165) is 15.4 Å².